The molecular formula is C15H30N2O3S. The quantitative estimate of drug-likeness (QED) is 0.317. The second-order valence-electron chi connectivity index (χ2n) is 5.41. The van der Waals surface area contributed by atoms with E-state index in [1.807, 2.05) is 0 Å². The van der Waals surface area contributed by atoms with Crippen molar-refractivity contribution in [1.29, 1.82) is 0 Å². The summed E-state index contributed by atoms with van der Waals surface area (Å²) in [6.45, 7) is 1.04. The minimum Gasteiger partial charge on any atom is -0.548 e. The molecule has 0 aliphatic carbocycles. The van der Waals surface area contributed by atoms with Crippen molar-refractivity contribution in [3.8, 4) is 0 Å². The number of amides is 1. The summed E-state index contributed by atoms with van der Waals surface area (Å²) in [4.78, 5) is 22.1. The standard InChI is InChI=1S/C15H30N2O3S/c16-11-9-7-5-3-1-2-4-6-8-10-14(18)17-13(12-21)15(19)20/h13,21H,1-12,16H2,(H,17,18)(H,19,20). The third-order valence-electron chi connectivity index (χ3n) is 3.46. The Morgan fingerprint density at radius 1 is 0.952 bits per heavy atom. The van der Waals surface area contributed by atoms with Crippen molar-refractivity contribution < 1.29 is 20.4 Å². The summed E-state index contributed by atoms with van der Waals surface area (Å²) in [6.07, 6.45) is 10.9. The van der Waals surface area contributed by atoms with Crippen LogP contribution in [0.2, 0.25) is 0 Å². The lowest BCUT2D eigenvalue weighted by molar-refractivity contribution is -0.368. The van der Waals surface area contributed by atoms with Crippen molar-refractivity contribution in [2.24, 2.45) is 0 Å². The van der Waals surface area contributed by atoms with Crippen LogP contribution in [0.3, 0.4) is 0 Å². The lowest BCUT2D eigenvalue weighted by atomic mass is 10.1. The largest absolute Gasteiger partial charge is 0.548 e. The molecule has 1 atom stereocenters. The van der Waals surface area contributed by atoms with Gasteiger partial charge in [-0.2, -0.15) is 12.6 Å². The van der Waals surface area contributed by atoms with Gasteiger partial charge in [-0.25, -0.2) is 0 Å². The number of nitrogens with one attached hydrogen (secondary N) is 1. The van der Waals surface area contributed by atoms with E-state index in [-0.39, 0.29) is 11.7 Å². The highest BCUT2D eigenvalue weighted by atomic mass is 32.1. The first kappa shape index (κ1) is 20.2. The average Bonchev–Trinajstić information content (AvgIpc) is 2.46. The molecule has 0 aromatic rings. The Morgan fingerprint density at radius 3 is 1.86 bits per heavy atom. The molecule has 5 nitrogen and oxygen atoms in total. The van der Waals surface area contributed by atoms with Gasteiger partial charge >= 0.3 is 0 Å². The summed E-state index contributed by atoms with van der Waals surface area (Å²) < 4.78 is 0. The molecule has 21 heavy (non-hydrogen) atoms. The van der Waals surface area contributed by atoms with Crippen LogP contribution in [0.1, 0.15) is 64.2 Å². The maximum absolute atomic E-state index is 11.5. The van der Waals surface area contributed by atoms with Crippen molar-refractivity contribution in [2.45, 2.75) is 70.3 Å². The number of quaternary nitrogens is 1. The Kier molecular flexibility index (Phi) is 13.7. The second kappa shape index (κ2) is 14.2. The molecule has 124 valence electrons. The second-order valence-corrected chi connectivity index (χ2v) is 5.77. The van der Waals surface area contributed by atoms with Crippen LogP contribution >= 0.6 is 12.6 Å². The highest BCUT2D eigenvalue weighted by Crippen LogP contribution is 2.10. The molecule has 0 aliphatic heterocycles. The summed E-state index contributed by atoms with van der Waals surface area (Å²) in [5.74, 6) is -1.45. The maximum atomic E-state index is 11.5. The first-order valence-corrected chi connectivity index (χ1v) is 8.65. The lowest BCUT2D eigenvalue weighted by Crippen LogP contribution is -2.50. The number of carboxylic acids is 1. The molecule has 1 amide bonds. The van der Waals surface area contributed by atoms with Crippen LogP contribution in [0.15, 0.2) is 0 Å². The summed E-state index contributed by atoms with van der Waals surface area (Å²) in [5.41, 5.74) is 3.83. The molecule has 0 rings (SSSR count). The highest BCUT2D eigenvalue weighted by Gasteiger charge is 2.10. The SMILES string of the molecule is [NH3+]CCCCCCCCCCCC(=O)NC(CS)C(=O)[O-]. The van der Waals surface area contributed by atoms with E-state index in [4.69, 9.17) is 0 Å². The average molecular weight is 318 g/mol. The molecule has 4 N–H and O–H groups in total. The van der Waals surface area contributed by atoms with Crippen molar-refractivity contribution in [2.75, 3.05) is 12.3 Å². The van der Waals surface area contributed by atoms with Gasteiger partial charge in [-0.15, -0.1) is 0 Å². The molecule has 0 saturated heterocycles. The molecule has 0 aliphatic rings. The summed E-state index contributed by atoms with van der Waals surface area (Å²) in [5, 5.41) is 13.0. The van der Waals surface area contributed by atoms with Gasteiger partial charge in [0.25, 0.3) is 0 Å². The fourth-order valence-corrected chi connectivity index (χ4v) is 2.39. The lowest BCUT2D eigenvalue weighted by Gasteiger charge is -2.17. The van der Waals surface area contributed by atoms with E-state index in [0.717, 1.165) is 25.8 Å². The highest BCUT2D eigenvalue weighted by molar-refractivity contribution is 7.80. The van der Waals surface area contributed by atoms with Gasteiger partial charge in [-0.05, 0) is 19.3 Å². The van der Waals surface area contributed by atoms with Crippen LogP contribution in [0.25, 0.3) is 0 Å². The normalized spacial score (nSPS) is 12.1. The Morgan fingerprint density at radius 2 is 1.43 bits per heavy atom. The number of rotatable bonds is 14. The van der Waals surface area contributed by atoms with Crippen molar-refractivity contribution in [1.82, 2.24) is 5.32 Å². The van der Waals surface area contributed by atoms with Crippen LogP contribution in [-0.2, 0) is 9.59 Å². The Bertz CT molecular complexity index is 288. The van der Waals surface area contributed by atoms with E-state index in [0.29, 0.717) is 6.42 Å². The predicted octanol–water partition coefficient (Wildman–Crippen LogP) is 0.294. The fourth-order valence-electron chi connectivity index (χ4n) is 2.15. The maximum Gasteiger partial charge on any atom is 0.220 e. The van der Waals surface area contributed by atoms with Gasteiger partial charge in [-0.1, -0.05) is 38.5 Å². The summed E-state index contributed by atoms with van der Waals surface area (Å²) >= 11 is 3.87. The number of unbranched alkanes of at least 4 members (excludes halogenated alkanes) is 8. The fraction of sp³-hybridized carbons (Fsp3) is 0.867. The van der Waals surface area contributed by atoms with Crippen molar-refractivity contribution in [3.63, 3.8) is 0 Å². The Balaban J connectivity index is 3.38. The van der Waals surface area contributed by atoms with E-state index >= 15 is 0 Å². The molecular weight excluding hydrogens is 288 g/mol. The van der Waals surface area contributed by atoms with Gasteiger partial charge in [0.2, 0.25) is 5.91 Å². The van der Waals surface area contributed by atoms with Gasteiger partial charge in [-0.3, -0.25) is 4.79 Å². The van der Waals surface area contributed by atoms with Gasteiger partial charge < -0.3 is 21.0 Å². The number of carbonyl (C=O) groups is 2. The minimum atomic E-state index is -1.28. The first-order chi connectivity index (χ1) is 10.1. The Hall–Kier alpha value is -0.750. The van der Waals surface area contributed by atoms with E-state index in [1.165, 1.54) is 38.5 Å². The number of aliphatic carboxylic acids is 1. The number of carbonyl (C=O) groups excluding carboxylic acids is 2. The zero-order valence-electron chi connectivity index (χ0n) is 12.9. The zero-order chi connectivity index (χ0) is 15.9. The molecule has 6 heteroatoms. The molecule has 1 unspecified atom stereocenters. The molecule has 0 bridgehead atoms. The molecule has 0 aromatic carbocycles. The van der Waals surface area contributed by atoms with E-state index in [1.54, 1.807) is 0 Å². The molecule has 0 heterocycles. The van der Waals surface area contributed by atoms with Crippen molar-refractivity contribution in [3.05, 3.63) is 0 Å². The topological polar surface area (TPSA) is 96.9 Å². The van der Waals surface area contributed by atoms with E-state index in [2.05, 4.69) is 23.7 Å². The summed E-state index contributed by atoms with van der Waals surface area (Å²) in [6, 6.07) is -0.987. The third kappa shape index (κ3) is 12.7. The van der Waals surface area contributed by atoms with E-state index in [9.17, 15) is 14.7 Å². The number of carboxylic acid groups (broad SMARTS) is 1. The molecule has 0 spiro atoms. The molecule has 0 radical (unpaired) electrons. The van der Waals surface area contributed by atoms with Crippen LogP contribution in [-0.4, -0.2) is 30.2 Å². The number of hydrogen-bond acceptors (Lipinski definition) is 4. The smallest absolute Gasteiger partial charge is 0.220 e. The van der Waals surface area contributed by atoms with Gasteiger partial charge in [0.1, 0.15) is 0 Å². The zero-order valence-corrected chi connectivity index (χ0v) is 13.8. The van der Waals surface area contributed by atoms with Gasteiger partial charge in [0.05, 0.1) is 18.6 Å². The number of thiol groups is 1. The van der Waals surface area contributed by atoms with Crippen LogP contribution in [0, 0.1) is 0 Å². The van der Waals surface area contributed by atoms with Gasteiger partial charge in [0, 0.05) is 12.2 Å². The van der Waals surface area contributed by atoms with Crippen LogP contribution in [0.4, 0.5) is 0 Å². The van der Waals surface area contributed by atoms with Crippen LogP contribution < -0.4 is 16.2 Å². The molecule has 0 saturated carbocycles. The first-order valence-electron chi connectivity index (χ1n) is 8.02. The monoisotopic (exact) mass is 318 g/mol. The van der Waals surface area contributed by atoms with E-state index < -0.39 is 12.0 Å². The van der Waals surface area contributed by atoms with Crippen LogP contribution in [0.5, 0.6) is 0 Å². The predicted molar refractivity (Wildman–Crippen MR) is 84.7 cm³/mol. The third-order valence-corrected chi connectivity index (χ3v) is 3.82. The van der Waals surface area contributed by atoms with Crippen molar-refractivity contribution >= 4 is 24.5 Å². The summed E-state index contributed by atoms with van der Waals surface area (Å²) in [7, 11) is 0. The molecule has 0 aromatic heterocycles. The minimum absolute atomic E-state index is 0.0577. The molecule has 0 fully saturated rings. The van der Waals surface area contributed by atoms with Gasteiger partial charge in [0.15, 0.2) is 0 Å². The Labute approximate surface area is 133 Å². The number of hydrogen-bond donors (Lipinski definition) is 3.